The maximum Gasteiger partial charge on any atom is 0.128 e. The smallest absolute Gasteiger partial charge is 0.128 e. The highest BCUT2D eigenvalue weighted by atomic mass is 16.5. The predicted molar refractivity (Wildman–Crippen MR) is 81.1 cm³/mol. The zero-order chi connectivity index (χ0) is 14.2. The van der Waals surface area contributed by atoms with E-state index in [0.29, 0.717) is 5.75 Å². The van der Waals surface area contributed by atoms with Crippen molar-refractivity contribution < 1.29 is 9.84 Å². The Morgan fingerprint density at radius 3 is 2.50 bits per heavy atom. The largest absolute Gasteiger partial charge is 0.507 e. The first-order valence-electron chi connectivity index (χ1n) is 7.24. The van der Waals surface area contributed by atoms with Crippen LogP contribution in [0, 0.1) is 0 Å². The number of aromatic hydroxyl groups is 1. The van der Waals surface area contributed by atoms with Gasteiger partial charge in [0.15, 0.2) is 0 Å². The van der Waals surface area contributed by atoms with Crippen molar-refractivity contribution >= 4 is 10.8 Å². The Bertz CT molecular complexity index is 630. The molecule has 3 nitrogen and oxygen atoms in total. The second-order valence-electron chi connectivity index (χ2n) is 5.73. The van der Waals surface area contributed by atoms with Gasteiger partial charge < -0.3 is 15.6 Å². The van der Waals surface area contributed by atoms with Gasteiger partial charge in [-0.3, -0.25) is 0 Å². The Balaban J connectivity index is 2.16. The summed E-state index contributed by atoms with van der Waals surface area (Å²) in [6.45, 7) is 0. The third-order valence-electron chi connectivity index (χ3n) is 4.50. The molecule has 2 aromatic rings. The van der Waals surface area contributed by atoms with E-state index in [-0.39, 0.29) is 5.54 Å². The molecule has 0 saturated heterocycles. The molecular weight excluding hydrogens is 250 g/mol. The Morgan fingerprint density at radius 2 is 1.80 bits per heavy atom. The predicted octanol–water partition coefficient (Wildman–Crippen LogP) is 3.67. The van der Waals surface area contributed by atoms with Crippen LogP contribution in [0.5, 0.6) is 11.5 Å². The van der Waals surface area contributed by atoms with Crippen molar-refractivity contribution in [2.75, 3.05) is 7.11 Å². The van der Waals surface area contributed by atoms with Crippen LogP contribution in [0.3, 0.4) is 0 Å². The van der Waals surface area contributed by atoms with Crippen molar-refractivity contribution in [3.63, 3.8) is 0 Å². The molecule has 3 N–H and O–H groups in total. The third kappa shape index (κ3) is 2.02. The highest BCUT2D eigenvalue weighted by Crippen LogP contribution is 2.43. The fraction of sp³-hybridized carbons (Fsp3) is 0.412. The Morgan fingerprint density at radius 1 is 1.05 bits per heavy atom. The van der Waals surface area contributed by atoms with Crippen LogP contribution < -0.4 is 10.5 Å². The molecule has 0 heterocycles. The van der Waals surface area contributed by atoms with E-state index >= 15 is 0 Å². The molecule has 0 aliphatic heterocycles. The van der Waals surface area contributed by atoms with Crippen molar-refractivity contribution in [3.8, 4) is 11.5 Å². The Kier molecular flexibility index (Phi) is 3.30. The number of nitrogens with two attached hydrogens (primary N) is 1. The summed E-state index contributed by atoms with van der Waals surface area (Å²) in [5, 5.41) is 12.4. The molecule has 0 spiro atoms. The van der Waals surface area contributed by atoms with Crippen LogP contribution in [-0.4, -0.2) is 12.2 Å². The number of hydrogen-bond acceptors (Lipinski definition) is 3. The molecule has 1 aliphatic rings. The SMILES string of the molecule is COc1cccc2c(O)c(C3(N)CCCCC3)ccc12. The molecule has 3 rings (SSSR count). The van der Waals surface area contributed by atoms with Gasteiger partial charge in [0, 0.05) is 21.9 Å². The van der Waals surface area contributed by atoms with E-state index in [4.69, 9.17) is 10.5 Å². The first-order chi connectivity index (χ1) is 9.65. The molecule has 0 radical (unpaired) electrons. The number of fused-ring (bicyclic) bond motifs is 1. The first kappa shape index (κ1) is 13.3. The maximum absolute atomic E-state index is 10.7. The van der Waals surface area contributed by atoms with E-state index in [2.05, 4.69) is 0 Å². The first-order valence-corrected chi connectivity index (χ1v) is 7.24. The highest BCUT2D eigenvalue weighted by molar-refractivity contribution is 5.94. The molecule has 0 amide bonds. The zero-order valence-corrected chi connectivity index (χ0v) is 11.9. The number of rotatable bonds is 2. The highest BCUT2D eigenvalue weighted by Gasteiger charge is 2.32. The van der Waals surface area contributed by atoms with Gasteiger partial charge in [0.05, 0.1) is 7.11 Å². The van der Waals surface area contributed by atoms with Crippen molar-refractivity contribution in [1.82, 2.24) is 0 Å². The van der Waals surface area contributed by atoms with Crippen molar-refractivity contribution in [3.05, 3.63) is 35.9 Å². The summed E-state index contributed by atoms with van der Waals surface area (Å²) in [6.07, 6.45) is 5.38. The molecule has 106 valence electrons. The minimum Gasteiger partial charge on any atom is -0.507 e. The van der Waals surface area contributed by atoms with Crippen LogP contribution in [0.15, 0.2) is 30.3 Å². The minimum atomic E-state index is -0.389. The molecular formula is C17H21NO2. The second-order valence-corrected chi connectivity index (χ2v) is 5.73. The number of phenolic OH excluding ortho intramolecular Hbond substituents is 1. The monoisotopic (exact) mass is 271 g/mol. The molecule has 20 heavy (non-hydrogen) atoms. The number of benzene rings is 2. The molecule has 0 unspecified atom stereocenters. The zero-order valence-electron chi connectivity index (χ0n) is 11.9. The lowest BCUT2D eigenvalue weighted by molar-refractivity contribution is 0.293. The van der Waals surface area contributed by atoms with E-state index in [1.165, 1.54) is 6.42 Å². The van der Waals surface area contributed by atoms with Gasteiger partial charge in [0.2, 0.25) is 0 Å². The molecule has 1 fully saturated rings. The summed E-state index contributed by atoms with van der Waals surface area (Å²) in [6, 6.07) is 9.69. The molecule has 1 aliphatic carbocycles. The molecule has 2 aromatic carbocycles. The van der Waals surface area contributed by atoms with Gasteiger partial charge in [-0.05, 0) is 18.9 Å². The number of hydrogen-bond donors (Lipinski definition) is 2. The summed E-state index contributed by atoms with van der Waals surface area (Å²) in [5.41, 5.74) is 7.04. The Labute approximate surface area is 119 Å². The molecule has 1 saturated carbocycles. The summed E-state index contributed by atoms with van der Waals surface area (Å²) >= 11 is 0. The van der Waals surface area contributed by atoms with Crippen LogP contribution in [0.2, 0.25) is 0 Å². The normalized spacial score (nSPS) is 18.1. The van der Waals surface area contributed by atoms with Crippen molar-refractivity contribution in [2.24, 2.45) is 5.73 Å². The quantitative estimate of drug-likeness (QED) is 0.876. The second kappa shape index (κ2) is 4.98. The number of methoxy groups -OCH3 is 1. The number of phenols is 1. The van der Waals surface area contributed by atoms with Gasteiger partial charge in [-0.25, -0.2) is 0 Å². The van der Waals surface area contributed by atoms with Crippen LogP contribution in [0.1, 0.15) is 37.7 Å². The van der Waals surface area contributed by atoms with E-state index in [1.807, 2.05) is 30.3 Å². The summed E-state index contributed by atoms with van der Waals surface area (Å²) in [7, 11) is 1.64. The fourth-order valence-electron chi connectivity index (χ4n) is 3.34. The summed E-state index contributed by atoms with van der Waals surface area (Å²) < 4.78 is 5.35. The van der Waals surface area contributed by atoms with Crippen LogP contribution >= 0.6 is 0 Å². The van der Waals surface area contributed by atoms with Gasteiger partial charge in [-0.2, -0.15) is 0 Å². The van der Waals surface area contributed by atoms with E-state index in [1.54, 1.807) is 7.11 Å². The fourth-order valence-corrected chi connectivity index (χ4v) is 3.34. The lowest BCUT2D eigenvalue weighted by Gasteiger charge is -2.34. The van der Waals surface area contributed by atoms with E-state index < -0.39 is 0 Å². The lowest BCUT2D eigenvalue weighted by Crippen LogP contribution is -2.38. The van der Waals surface area contributed by atoms with Crippen LogP contribution in [-0.2, 0) is 5.54 Å². The van der Waals surface area contributed by atoms with E-state index in [0.717, 1.165) is 47.8 Å². The number of ether oxygens (including phenoxy) is 1. The van der Waals surface area contributed by atoms with Gasteiger partial charge in [0.25, 0.3) is 0 Å². The van der Waals surface area contributed by atoms with Crippen LogP contribution in [0.4, 0.5) is 0 Å². The van der Waals surface area contributed by atoms with Crippen molar-refractivity contribution in [1.29, 1.82) is 0 Å². The Hall–Kier alpha value is -1.74. The lowest BCUT2D eigenvalue weighted by atomic mass is 9.76. The topological polar surface area (TPSA) is 55.5 Å². The van der Waals surface area contributed by atoms with Gasteiger partial charge in [-0.1, -0.05) is 43.5 Å². The molecule has 0 bridgehead atoms. The van der Waals surface area contributed by atoms with Crippen molar-refractivity contribution in [2.45, 2.75) is 37.6 Å². The van der Waals surface area contributed by atoms with Gasteiger partial charge in [-0.15, -0.1) is 0 Å². The van der Waals surface area contributed by atoms with Gasteiger partial charge >= 0.3 is 0 Å². The van der Waals surface area contributed by atoms with Crippen LogP contribution in [0.25, 0.3) is 10.8 Å². The third-order valence-corrected chi connectivity index (χ3v) is 4.50. The molecule has 0 aromatic heterocycles. The average Bonchev–Trinajstić information content (AvgIpc) is 2.47. The molecule has 3 heteroatoms. The maximum atomic E-state index is 10.7. The van der Waals surface area contributed by atoms with Gasteiger partial charge in [0.1, 0.15) is 11.5 Å². The molecule has 0 atom stereocenters. The summed E-state index contributed by atoms with van der Waals surface area (Å²) in [5.74, 6) is 1.09. The summed E-state index contributed by atoms with van der Waals surface area (Å²) in [4.78, 5) is 0. The minimum absolute atomic E-state index is 0.311. The van der Waals surface area contributed by atoms with E-state index in [9.17, 15) is 5.11 Å². The average molecular weight is 271 g/mol. The standard InChI is InChI=1S/C17H21NO2/c1-20-15-7-5-6-13-12(15)8-9-14(16(13)19)17(18)10-3-2-4-11-17/h5-9,19H,2-4,10-11,18H2,1H3.